The number of nitrogens with zero attached hydrogens (tertiary/aromatic N) is 2. The number of hydrogen-bond acceptors (Lipinski definition) is 5. The molecule has 0 saturated carbocycles. The van der Waals surface area contributed by atoms with Crippen LogP contribution in [-0.2, 0) is 6.54 Å². The van der Waals surface area contributed by atoms with Crippen LogP contribution < -0.4 is 5.73 Å². The molecule has 1 aromatic carbocycles. The fourth-order valence-corrected chi connectivity index (χ4v) is 2.18. The Labute approximate surface area is 103 Å². The van der Waals surface area contributed by atoms with E-state index in [-0.39, 0.29) is 0 Å². The summed E-state index contributed by atoms with van der Waals surface area (Å²) in [5, 5.41) is 9.61. The molecule has 2 N–H and O–H groups in total. The van der Waals surface area contributed by atoms with Crippen LogP contribution in [0.4, 0.5) is 0 Å². The smallest absolute Gasteiger partial charge is 0.260 e. The average molecular weight is 245 g/mol. The summed E-state index contributed by atoms with van der Waals surface area (Å²) in [7, 11) is 0. The first-order valence-electron chi connectivity index (χ1n) is 5.06. The van der Waals surface area contributed by atoms with Gasteiger partial charge in [0, 0.05) is 11.4 Å². The topological polar surface area (TPSA) is 75.8 Å². The summed E-state index contributed by atoms with van der Waals surface area (Å²) < 4.78 is 5.24. The molecule has 2 aromatic rings. The van der Waals surface area contributed by atoms with Gasteiger partial charge < -0.3 is 10.2 Å². The third-order valence-electron chi connectivity index (χ3n) is 2.20. The predicted octanol–water partition coefficient (Wildman–Crippen LogP) is 2.46. The van der Waals surface area contributed by atoms with Gasteiger partial charge in [0.2, 0.25) is 0 Å². The highest BCUT2D eigenvalue weighted by atomic mass is 32.2. The van der Waals surface area contributed by atoms with E-state index in [9.17, 15) is 0 Å². The molecule has 0 saturated heterocycles. The molecule has 0 aliphatic rings. The van der Waals surface area contributed by atoms with E-state index in [2.05, 4.69) is 11.1 Å². The fraction of sp³-hybridized carbons (Fsp3) is 0.167. The molecular formula is C12H11N3OS. The van der Waals surface area contributed by atoms with Gasteiger partial charge in [-0.25, -0.2) is 4.98 Å². The second-order valence-electron chi connectivity index (χ2n) is 3.50. The van der Waals surface area contributed by atoms with E-state index < -0.39 is 0 Å². The molecule has 2 rings (SSSR count). The van der Waals surface area contributed by atoms with Crippen LogP contribution in [0.1, 0.15) is 16.8 Å². The van der Waals surface area contributed by atoms with Crippen molar-refractivity contribution in [3.8, 4) is 6.07 Å². The van der Waals surface area contributed by atoms with E-state index in [1.54, 1.807) is 12.3 Å². The molecule has 4 nitrogen and oxygen atoms in total. The maximum Gasteiger partial charge on any atom is 0.260 e. The van der Waals surface area contributed by atoms with Gasteiger partial charge in [0.25, 0.3) is 5.22 Å². The first-order chi connectivity index (χ1) is 8.22. The van der Waals surface area contributed by atoms with Gasteiger partial charge in [-0.3, -0.25) is 0 Å². The van der Waals surface area contributed by atoms with Crippen LogP contribution in [-0.4, -0.2) is 4.98 Å². The highest BCUT2D eigenvalue weighted by Gasteiger charge is 2.08. The van der Waals surface area contributed by atoms with Crippen LogP contribution in [0.3, 0.4) is 0 Å². The summed E-state index contributed by atoms with van der Waals surface area (Å²) in [6.45, 7) is 2.29. The highest BCUT2D eigenvalue weighted by Crippen LogP contribution is 2.30. The number of nitrogens with two attached hydrogens (primary N) is 1. The van der Waals surface area contributed by atoms with Crippen molar-refractivity contribution in [3.63, 3.8) is 0 Å². The lowest BCUT2D eigenvalue weighted by molar-refractivity contribution is 0.454. The van der Waals surface area contributed by atoms with Crippen LogP contribution in [0, 0.1) is 18.3 Å². The first-order valence-corrected chi connectivity index (χ1v) is 5.87. The van der Waals surface area contributed by atoms with Crippen LogP contribution in [0.15, 0.2) is 39.0 Å². The van der Waals surface area contributed by atoms with E-state index in [0.717, 1.165) is 16.2 Å². The molecular weight excluding hydrogens is 234 g/mol. The number of oxazole rings is 1. The lowest BCUT2D eigenvalue weighted by atomic mass is 10.1. The molecule has 0 radical (unpaired) electrons. The number of aryl methyl sites for hydroxylation is 1. The van der Waals surface area contributed by atoms with E-state index in [1.165, 1.54) is 11.8 Å². The van der Waals surface area contributed by atoms with E-state index in [4.69, 9.17) is 15.4 Å². The van der Waals surface area contributed by atoms with Crippen LogP contribution in [0.25, 0.3) is 0 Å². The van der Waals surface area contributed by atoms with Crippen molar-refractivity contribution in [1.29, 1.82) is 5.26 Å². The third-order valence-corrected chi connectivity index (χ3v) is 3.13. The first kappa shape index (κ1) is 11.7. The zero-order chi connectivity index (χ0) is 12.3. The van der Waals surface area contributed by atoms with Crippen molar-refractivity contribution in [2.75, 3.05) is 0 Å². The Kier molecular flexibility index (Phi) is 3.47. The van der Waals surface area contributed by atoms with Gasteiger partial charge in [-0.1, -0.05) is 6.07 Å². The van der Waals surface area contributed by atoms with Gasteiger partial charge in [-0.05, 0) is 36.4 Å². The minimum atomic E-state index is 0.428. The standard InChI is InChI=1S/C12H11N3OS/c1-8-7-16-12(15-8)17-11-3-2-9(5-13)4-10(11)6-14/h2-4,7H,5,13H2,1H3. The fourth-order valence-electron chi connectivity index (χ4n) is 1.35. The Morgan fingerprint density at radius 2 is 2.35 bits per heavy atom. The second kappa shape index (κ2) is 5.04. The van der Waals surface area contributed by atoms with Crippen molar-refractivity contribution >= 4 is 11.8 Å². The normalized spacial score (nSPS) is 10.2. The molecule has 5 heteroatoms. The summed E-state index contributed by atoms with van der Waals surface area (Å²) >= 11 is 1.34. The summed E-state index contributed by atoms with van der Waals surface area (Å²) in [5.74, 6) is 0. The zero-order valence-electron chi connectivity index (χ0n) is 9.30. The van der Waals surface area contributed by atoms with Crippen molar-refractivity contribution in [1.82, 2.24) is 4.98 Å². The average Bonchev–Trinajstić information content (AvgIpc) is 2.75. The van der Waals surface area contributed by atoms with Crippen molar-refractivity contribution in [2.45, 2.75) is 23.6 Å². The van der Waals surface area contributed by atoms with Gasteiger partial charge in [-0.15, -0.1) is 0 Å². The molecule has 0 atom stereocenters. The summed E-state index contributed by atoms with van der Waals surface area (Å²) in [6.07, 6.45) is 1.59. The minimum Gasteiger partial charge on any atom is -0.439 e. The molecule has 1 aromatic heterocycles. The van der Waals surface area contributed by atoms with Crippen LogP contribution >= 0.6 is 11.8 Å². The van der Waals surface area contributed by atoms with Crippen molar-refractivity contribution in [3.05, 3.63) is 41.3 Å². The maximum atomic E-state index is 9.07. The number of nitriles is 1. The Morgan fingerprint density at radius 1 is 1.53 bits per heavy atom. The molecule has 0 spiro atoms. The van der Waals surface area contributed by atoms with Gasteiger partial charge in [0.15, 0.2) is 0 Å². The SMILES string of the molecule is Cc1coc(Sc2ccc(CN)cc2C#N)n1. The quantitative estimate of drug-likeness (QED) is 0.898. The Morgan fingerprint density at radius 3 is 2.94 bits per heavy atom. The molecule has 0 aliphatic carbocycles. The molecule has 0 aliphatic heterocycles. The molecule has 86 valence electrons. The molecule has 0 bridgehead atoms. The minimum absolute atomic E-state index is 0.428. The lowest BCUT2D eigenvalue weighted by Crippen LogP contribution is -1.96. The Balaban J connectivity index is 2.30. The van der Waals surface area contributed by atoms with Gasteiger partial charge in [0.05, 0.1) is 11.3 Å². The van der Waals surface area contributed by atoms with E-state index in [1.807, 2.05) is 19.1 Å². The number of aromatic nitrogens is 1. The third kappa shape index (κ3) is 2.67. The Bertz CT molecular complexity index is 571. The van der Waals surface area contributed by atoms with Gasteiger partial charge >= 0.3 is 0 Å². The second-order valence-corrected chi connectivity index (χ2v) is 4.50. The number of hydrogen-bond donors (Lipinski definition) is 1. The van der Waals surface area contributed by atoms with Crippen LogP contribution in [0.2, 0.25) is 0 Å². The van der Waals surface area contributed by atoms with Gasteiger partial charge in [-0.2, -0.15) is 5.26 Å². The van der Waals surface area contributed by atoms with E-state index in [0.29, 0.717) is 17.3 Å². The molecule has 1 heterocycles. The largest absolute Gasteiger partial charge is 0.439 e. The summed E-state index contributed by atoms with van der Waals surface area (Å²) in [6, 6.07) is 7.71. The summed E-state index contributed by atoms with van der Waals surface area (Å²) in [4.78, 5) is 5.01. The van der Waals surface area contributed by atoms with Gasteiger partial charge in [0.1, 0.15) is 12.3 Å². The molecule has 0 unspecified atom stereocenters. The molecule has 0 amide bonds. The zero-order valence-corrected chi connectivity index (χ0v) is 10.1. The molecule has 17 heavy (non-hydrogen) atoms. The maximum absolute atomic E-state index is 9.07. The van der Waals surface area contributed by atoms with Crippen LogP contribution in [0.5, 0.6) is 0 Å². The Hall–Kier alpha value is -1.77. The number of benzene rings is 1. The van der Waals surface area contributed by atoms with Crippen molar-refractivity contribution < 1.29 is 4.42 Å². The van der Waals surface area contributed by atoms with E-state index >= 15 is 0 Å². The number of rotatable bonds is 3. The molecule has 0 fully saturated rings. The monoisotopic (exact) mass is 245 g/mol. The van der Waals surface area contributed by atoms with Crippen molar-refractivity contribution in [2.24, 2.45) is 5.73 Å². The summed E-state index contributed by atoms with van der Waals surface area (Å²) in [5.41, 5.74) is 7.89. The lowest BCUT2D eigenvalue weighted by Gasteiger charge is -2.02. The predicted molar refractivity (Wildman–Crippen MR) is 64.4 cm³/mol. The highest BCUT2D eigenvalue weighted by molar-refractivity contribution is 7.99.